The maximum atomic E-state index is 13.4. The summed E-state index contributed by atoms with van der Waals surface area (Å²) >= 11 is 5.33. The van der Waals surface area contributed by atoms with E-state index in [1.807, 2.05) is 10.4 Å². The van der Waals surface area contributed by atoms with E-state index < -0.39 is 0 Å². The summed E-state index contributed by atoms with van der Waals surface area (Å²) < 4.78 is 26.2. The van der Waals surface area contributed by atoms with Crippen LogP contribution in [0.5, 0.6) is 0 Å². The Hall–Kier alpha value is 0.590. The first-order valence-corrected chi connectivity index (χ1v) is 9.24. The van der Waals surface area contributed by atoms with Gasteiger partial charge in [0, 0.05) is 42.0 Å². The zero-order valence-corrected chi connectivity index (χ0v) is 14.6. The number of benzene rings is 1. The molecule has 0 aliphatic carbocycles. The molecule has 0 unspecified atom stereocenters. The highest BCUT2D eigenvalue weighted by atomic mass is 127. The lowest BCUT2D eigenvalue weighted by atomic mass is 10.2. The summed E-state index contributed by atoms with van der Waals surface area (Å²) in [6, 6.07) is 5.13. The van der Waals surface area contributed by atoms with E-state index >= 15 is 0 Å². The maximum Gasteiger partial charge on any atom is 0.170 e. The van der Waals surface area contributed by atoms with Gasteiger partial charge in [-0.3, -0.25) is 0 Å². The van der Waals surface area contributed by atoms with Gasteiger partial charge in [0.1, 0.15) is 5.82 Å². The van der Waals surface area contributed by atoms with E-state index in [-0.39, 0.29) is 12.1 Å². The minimum absolute atomic E-state index is 0.249. The second kappa shape index (κ2) is 8.70. The Balaban J connectivity index is 2.64. The van der Waals surface area contributed by atoms with Crippen molar-refractivity contribution in [3.8, 4) is 0 Å². The van der Waals surface area contributed by atoms with Crippen molar-refractivity contribution in [1.29, 1.82) is 0 Å². The van der Waals surface area contributed by atoms with Crippen LogP contribution in [0.3, 0.4) is 0 Å². The summed E-state index contributed by atoms with van der Waals surface area (Å²) in [7, 11) is 4.74. The fourth-order valence-electron chi connectivity index (χ4n) is 1.37. The van der Waals surface area contributed by atoms with Crippen molar-refractivity contribution in [3.05, 3.63) is 34.1 Å². The van der Waals surface area contributed by atoms with E-state index in [9.17, 15) is 4.39 Å². The van der Waals surface area contributed by atoms with Gasteiger partial charge < -0.3 is 9.47 Å². The third kappa shape index (κ3) is 5.30. The fraction of sp³-hybridized carbons (Fsp3) is 0.455. The Morgan fingerprint density at radius 2 is 2.11 bits per heavy atom. The number of nitrogens with zero attached hydrogens (tertiary/aromatic N) is 1. The zero-order valence-electron chi connectivity index (χ0n) is 10.0. The second-order valence-corrected chi connectivity index (χ2v) is 6.23. The molecule has 0 saturated carbocycles. The molecule has 1 aromatic carbocycles. The number of hydrogen-bond donors (Lipinski definition) is 0. The molecule has 0 saturated heterocycles. The van der Waals surface area contributed by atoms with E-state index in [2.05, 4.69) is 37.1 Å². The van der Waals surface area contributed by atoms with Crippen LogP contribution in [-0.2, 0) is 16.0 Å². The summed E-state index contributed by atoms with van der Waals surface area (Å²) in [5.74, 6) is -0.249. The summed E-state index contributed by atoms with van der Waals surface area (Å²) in [4.78, 5) is 0. The molecule has 18 heavy (non-hydrogen) atoms. The first-order valence-electron chi connectivity index (χ1n) is 5.14. The molecule has 0 fully saturated rings. The van der Waals surface area contributed by atoms with Crippen molar-refractivity contribution in [3.63, 3.8) is 0 Å². The molecule has 3 nitrogen and oxygen atoms in total. The summed E-state index contributed by atoms with van der Waals surface area (Å²) in [6.45, 7) is 1.24. The van der Waals surface area contributed by atoms with E-state index in [1.54, 1.807) is 29.4 Å². The fourth-order valence-corrected chi connectivity index (χ4v) is 2.89. The Morgan fingerprint density at radius 3 is 2.61 bits per heavy atom. The molecule has 102 valence electrons. The molecule has 7 heteroatoms. The van der Waals surface area contributed by atoms with Gasteiger partial charge in [-0.1, -0.05) is 6.07 Å². The quantitative estimate of drug-likeness (QED) is 0.356. The summed E-state index contributed by atoms with van der Waals surface area (Å²) in [6.07, 6.45) is -0.285. The van der Waals surface area contributed by atoms with Gasteiger partial charge in [0.05, 0.1) is 11.0 Å². The van der Waals surface area contributed by atoms with Gasteiger partial charge >= 0.3 is 0 Å². The number of methoxy groups -OCH3 is 2. The zero-order chi connectivity index (χ0) is 13.5. The monoisotopic (exact) mass is 449 g/mol. The SMILES string of the molecule is COC(CN(Cc1ccc(Br)c(F)c1)SI)OC. The topological polar surface area (TPSA) is 21.7 Å². The van der Waals surface area contributed by atoms with Crippen molar-refractivity contribution < 1.29 is 13.9 Å². The van der Waals surface area contributed by atoms with Crippen LogP contribution in [0, 0.1) is 5.82 Å². The molecule has 0 aliphatic heterocycles. The summed E-state index contributed by atoms with van der Waals surface area (Å²) in [5.41, 5.74) is 0.908. The van der Waals surface area contributed by atoms with Crippen LogP contribution in [0.25, 0.3) is 0 Å². The normalized spacial score (nSPS) is 11.5. The van der Waals surface area contributed by atoms with E-state index in [4.69, 9.17) is 9.47 Å². The van der Waals surface area contributed by atoms with Gasteiger partial charge in [-0.05, 0) is 42.7 Å². The molecule has 0 atom stereocenters. The van der Waals surface area contributed by atoms with Gasteiger partial charge in [-0.25, -0.2) is 8.70 Å². The van der Waals surface area contributed by atoms with Crippen LogP contribution in [0.4, 0.5) is 4.39 Å². The highest BCUT2D eigenvalue weighted by Gasteiger charge is 2.14. The van der Waals surface area contributed by atoms with Crippen LogP contribution in [0.15, 0.2) is 22.7 Å². The third-order valence-corrected chi connectivity index (χ3v) is 5.11. The average molecular weight is 450 g/mol. The first kappa shape index (κ1) is 16.6. The van der Waals surface area contributed by atoms with Crippen molar-refractivity contribution in [1.82, 2.24) is 4.31 Å². The van der Waals surface area contributed by atoms with Crippen molar-refractivity contribution in [2.24, 2.45) is 0 Å². The number of ether oxygens (including phenoxy) is 2. The lowest BCUT2D eigenvalue weighted by molar-refractivity contribution is -0.107. The van der Waals surface area contributed by atoms with Crippen molar-refractivity contribution >= 4 is 46.3 Å². The van der Waals surface area contributed by atoms with Gasteiger partial charge in [0.15, 0.2) is 6.29 Å². The molecule has 0 heterocycles. The predicted octanol–water partition coefficient (Wildman–Crippen LogP) is 4.01. The maximum absolute atomic E-state index is 13.4. The van der Waals surface area contributed by atoms with Crippen LogP contribution in [0.2, 0.25) is 0 Å². The van der Waals surface area contributed by atoms with Gasteiger partial charge in [-0.2, -0.15) is 0 Å². The number of rotatable bonds is 7. The van der Waals surface area contributed by atoms with Crippen molar-refractivity contribution in [2.45, 2.75) is 12.8 Å². The lowest BCUT2D eigenvalue weighted by Gasteiger charge is -2.22. The summed E-state index contributed by atoms with van der Waals surface area (Å²) in [5, 5.41) is 0. The highest BCUT2D eigenvalue weighted by molar-refractivity contribution is 14.2. The molecule has 0 aromatic heterocycles. The van der Waals surface area contributed by atoms with Crippen molar-refractivity contribution in [2.75, 3.05) is 20.8 Å². The molecular formula is C11H14BrFINO2S. The van der Waals surface area contributed by atoms with E-state index in [0.29, 0.717) is 17.6 Å². The smallest absolute Gasteiger partial charge is 0.170 e. The second-order valence-electron chi connectivity index (χ2n) is 3.54. The molecule has 0 N–H and O–H groups in total. The number of hydrogen-bond acceptors (Lipinski definition) is 4. The van der Waals surface area contributed by atoms with Crippen LogP contribution in [-0.4, -0.2) is 31.4 Å². The average Bonchev–Trinajstić information content (AvgIpc) is 2.38. The molecule has 0 spiro atoms. The van der Waals surface area contributed by atoms with E-state index in [1.165, 1.54) is 6.07 Å². The van der Waals surface area contributed by atoms with Crippen LogP contribution in [0.1, 0.15) is 5.56 Å². The van der Waals surface area contributed by atoms with Gasteiger partial charge in [0.25, 0.3) is 0 Å². The third-order valence-electron chi connectivity index (χ3n) is 2.32. The highest BCUT2D eigenvalue weighted by Crippen LogP contribution is 2.24. The van der Waals surface area contributed by atoms with Gasteiger partial charge in [0.2, 0.25) is 0 Å². The van der Waals surface area contributed by atoms with E-state index in [0.717, 1.165) is 5.56 Å². The van der Waals surface area contributed by atoms with Crippen LogP contribution < -0.4 is 0 Å². The largest absolute Gasteiger partial charge is 0.355 e. The predicted molar refractivity (Wildman–Crippen MR) is 83.9 cm³/mol. The standard InChI is InChI=1S/C11H14BrFINO2S/c1-16-11(17-2)7-15(18-14)6-8-3-4-9(12)10(13)5-8/h3-5,11H,6-7H2,1-2H3. The molecular weight excluding hydrogens is 436 g/mol. The Morgan fingerprint density at radius 1 is 1.44 bits per heavy atom. The van der Waals surface area contributed by atoms with Gasteiger partial charge in [-0.15, -0.1) is 0 Å². The number of halogens is 3. The Labute approximate surface area is 131 Å². The molecule has 0 radical (unpaired) electrons. The Kier molecular flexibility index (Phi) is 8.04. The molecule has 0 bridgehead atoms. The lowest BCUT2D eigenvalue weighted by Crippen LogP contribution is -2.29. The molecule has 1 aromatic rings. The van der Waals surface area contributed by atoms with Crippen LogP contribution >= 0.6 is 46.3 Å². The molecule has 0 aliphatic rings. The minimum atomic E-state index is -0.285. The molecule has 1 rings (SSSR count). The first-order chi connectivity index (χ1) is 8.60. The minimum Gasteiger partial charge on any atom is -0.355 e. The Bertz CT molecular complexity index is 382. The molecule has 0 amide bonds.